The van der Waals surface area contributed by atoms with Crippen LogP contribution in [0, 0.1) is 12.8 Å². The van der Waals surface area contributed by atoms with Crippen molar-refractivity contribution in [3.8, 4) is 0 Å². The number of anilines is 1. The van der Waals surface area contributed by atoms with Gasteiger partial charge in [-0.3, -0.25) is 4.79 Å². The first-order valence-corrected chi connectivity index (χ1v) is 11.6. The van der Waals surface area contributed by atoms with E-state index in [1.165, 1.54) is 5.56 Å². The van der Waals surface area contributed by atoms with Crippen molar-refractivity contribution < 1.29 is 9.21 Å². The third kappa shape index (κ3) is 6.10. The van der Waals surface area contributed by atoms with Gasteiger partial charge in [-0.25, -0.2) is 0 Å². The Morgan fingerprint density at radius 3 is 2.81 bits per heavy atom. The Morgan fingerprint density at radius 2 is 2.06 bits per heavy atom. The molecule has 0 saturated carbocycles. The number of nitrogens with one attached hydrogen (secondary N) is 1. The molecule has 1 saturated heterocycles. The molecule has 0 radical (unpaired) electrons. The van der Waals surface area contributed by atoms with Gasteiger partial charge in [-0.2, -0.15) is 0 Å². The molecule has 6 nitrogen and oxygen atoms in total. The summed E-state index contributed by atoms with van der Waals surface area (Å²) in [6, 6.07) is 16.3. The monoisotopic (exact) mass is 436 g/mol. The molecule has 1 atom stereocenters. The molecule has 1 aromatic carbocycles. The van der Waals surface area contributed by atoms with E-state index in [-0.39, 0.29) is 11.8 Å². The molecule has 3 heterocycles. The van der Waals surface area contributed by atoms with Crippen LogP contribution in [0.1, 0.15) is 30.6 Å². The van der Waals surface area contributed by atoms with Crippen LogP contribution in [0.4, 0.5) is 5.82 Å². The Kier molecular flexibility index (Phi) is 7.25. The van der Waals surface area contributed by atoms with Gasteiger partial charge in [0.05, 0.1) is 12.2 Å². The van der Waals surface area contributed by atoms with E-state index in [4.69, 9.17) is 4.42 Å². The van der Waals surface area contributed by atoms with Crippen molar-refractivity contribution in [1.29, 1.82) is 0 Å². The van der Waals surface area contributed by atoms with Crippen LogP contribution in [0.2, 0.25) is 0 Å². The van der Waals surface area contributed by atoms with Gasteiger partial charge < -0.3 is 14.6 Å². The maximum absolute atomic E-state index is 12.6. The molecule has 31 heavy (non-hydrogen) atoms. The van der Waals surface area contributed by atoms with E-state index in [0.29, 0.717) is 13.1 Å². The fourth-order valence-electron chi connectivity index (χ4n) is 3.74. The molecule has 3 aromatic rings. The second kappa shape index (κ2) is 10.5. The van der Waals surface area contributed by atoms with Crippen LogP contribution in [-0.4, -0.2) is 35.7 Å². The number of nitrogens with zero attached hydrogens (tertiary/aromatic N) is 3. The molecule has 1 aliphatic rings. The van der Waals surface area contributed by atoms with Gasteiger partial charge in [-0.15, -0.1) is 10.2 Å². The molecular weight excluding hydrogens is 408 g/mol. The molecule has 1 N–H and O–H groups in total. The van der Waals surface area contributed by atoms with Crippen molar-refractivity contribution >= 4 is 23.5 Å². The highest BCUT2D eigenvalue weighted by Crippen LogP contribution is 2.27. The van der Waals surface area contributed by atoms with Gasteiger partial charge in [-0.05, 0) is 62.6 Å². The second-order valence-electron chi connectivity index (χ2n) is 7.90. The van der Waals surface area contributed by atoms with E-state index in [0.717, 1.165) is 53.7 Å². The third-order valence-electron chi connectivity index (χ3n) is 5.46. The van der Waals surface area contributed by atoms with Crippen molar-refractivity contribution in [3.05, 3.63) is 66.1 Å². The van der Waals surface area contributed by atoms with Gasteiger partial charge in [0, 0.05) is 31.0 Å². The molecule has 1 fully saturated rings. The first-order chi connectivity index (χ1) is 15.2. The number of aryl methyl sites for hydroxylation is 2. The molecule has 1 aliphatic heterocycles. The average Bonchev–Trinajstić information content (AvgIpc) is 3.32. The SMILES string of the molecule is Cc1ccc(Sc2ccc(N3CCC[C@H](C(=O)NCCCc4ccco4)C3)nn2)cc1. The number of furan rings is 1. The lowest BCUT2D eigenvalue weighted by Gasteiger charge is -2.32. The Bertz CT molecular complexity index is 958. The van der Waals surface area contributed by atoms with E-state index in [1.54, 1.807) is 18.0 Å². The van der Waals surface area contributed by atoms with Crippen LogP contribution < -0.4 is 10.2 Å². The standard InChI is InChI=1S/C24H28N4O2S/c1-18-8-10-21(11-9-18)31-23-13-12-22(26-27-23)28-15-3-5-19(17-28)24(29)25-14-2-6-20-7-4-16-30-20/h4,7-13,16,19H,2-3,5-6,14-15,17H2,1H3,(H,25,29)/t19-/m0/s1. The normalized spacial score (nSPS) is 16.3. The third-order valence-corrected chi connectivity index (χ3v) is 6.40. The number of piperidine rings is 1. The summed E-state index contributed by atoms with van der Waals surface area (Å²) in [5, 5.41) is 12.8. The molecular formula is C24H28N4O2S. The Balaban J connectivity index is 1.26. The van der Waals surface area contributed by atoms with Gasteiger partial charge in [0.25, 0.3) is 0 Å². The van der Waals surface area contributed by atoms with E-state index in [1.807, 2.05) is 24.3 Å². The summed E-state index contributed by atoms with van der Waals surface area (Å²) in [5.74, 6) is 1.91. The summed E-state index contributed by atoms with van der Waals surface area (Å²) in [4.78, 5) is 15.9. The predicted molar refractivity (Wildman–Crippen MR) is 122 cm³/mol. The van der Waals surface area contributed by atoms with Crippen molar-refractivity contribution in [1.82, 2.24) is 15.5 Å². The zero-order chi connectivity index (χ0) is 21.5. The molecule has 1 amide bonds. The lowest BCUT2D eigenvalue weighted by molar-refractivity contribution is -0.125. The topological polar surface area (TPSA) is 71.3 Å². The average molecular weight is 437 g/mol. The van der Waals surface area contributed by atoms with Crippen molar-refractivity contribution in [3.63, 3.8) is 0 Å². The molecule has 7 heteroatoms. The molecule has 4 rings (SSSR count). The number of amides is 1. The van der Waals surface area contributed by atoms with Crippen LogP contribution in [0.25, 0.3) is 0 Å². The summed E-state index contributed by atoms with van der Waals surface area (Å²) >= 11 is 1.60. The van der Waals surface area contributed by atoms with E-state index in [9.17, 15) is 4.79 Å². The highest BCUT2D eigenvalue weighted by atomic mass is 32.2. The van der Waals surface area contributed by atoms with Gasteiger partial charge in [0.2, 0.25) is 5.91 Å². The minimum atomic E-state index is -0.0132. The molecule has 0 bridgehead atoms. The highest BCUT2D eigenvalue weighted by Gasteiger charge is 2.26. The number of aromatic nitrogens is 2. The Labute approximate surface area is 187 Å². The Hall–Kier alpha value is -2.80. The zero-order valence-corrected chi connectivity index (χ0v) is 18.6. The number of carbonyl (C=O) groups is 1. The quantitative estimate of drug-likeness (QED) is 0.525. The summed E-state index contributed by atoms with van der Waals surface area (Å²) < 4.78 is 5.33. The van der Waals surface area contributed by atoms with Gasteiger partial charge in [0.1, 0.15) is 10.8 Å². The molecule has 162 valence electrons. The second-order valence-corrected chi connectivity index (χ2v) is 9.00. The van der Waals surface area contributed by atoms with Crippen molar-refractivity contribution in [2.45, 2.75) is 42.5 Å². The van der Waals surface area contributed by atoms with Crippen LogP contribution in [0.3, 0.4) is 0 Å². The smallest absolute Gasteiger partial charge is 0.224 e. The van der Waals surface area contributed by atoms with Crippen molar-refractivity contribution in [2.24, 2.45) is 5.92 Å². The number of hydrogen-bond acceptors (Lipinski definition) is 6. The fourth-order valence-corrected chi connectivity index (χ4v) is 4.47. The number of carbonyl (C=O) groups excluding carboxylic acids is 1. The highest BCUT2D eigenvalue weighted by molar-refractivity contribution is 7.99. The summed E-state index contributed by atoms with van der Waals surface area (Å²) in [7, 11) is 0. The lowest BCUT2D eigenvalue weighted by atomic mass is 9.97. The minimum absolute atomic E-state index is 0.0132. The fraction of sp³-hybridized carbons (Fsp3) is 0.375. The summed E-state index contributed by atoms with van der Waals surface area (Å²) in [6.45, 7) is 4.33. The van der Waals surface area contributed by atoms with Gasteiger partial charge in [-0.1, -0.05) is 29.5 Å². The zero-order valence-electron chi connectivity index (χ0n) is 17.8. The van der Waals surface area contributed by atoms with Gasteiger partial charge >= 0.3 is 0 Å². The largest absolute Gasteiger partial charge is 0.469 e. The Morgan fingerprint density at radius 1 is 1.19 bits per heavy atom. The molecule has 2 aromatic heterocycles. The molecule has 0 unspecified atom stereocenters. The van der Waals surface area contributed by atoms with Crippen LogP contribution >= 0.6 is 11.8 Å². The van der Waals surface area contributed by atoms with Crippen LogP contribution in [0.15, 0.2) is 69.1 Å². The number of benzene rings is 1. The summed E-state index contributed by atoms with van der Waals surface area (Å²) in [5.41, 5.74) is 1.24. The molecule has 0 aliphatic carbocycles. The number of hydrogen-bond donors (Lipinski definition) is 1. The minimum Gasteiger partial charge on any atom is -0.469 e. The first-order valence-electron chi connectivity index (χ1n) is 10.8. The van der Waals surface area contributed by atoms with Crippen molar-refractivity contribution in [2.75, 3.05) is 24.5 Å². The lowest BCUT2D eigenvalue weighted by Crippen LogP contribution is -2.43. The summed E-state index contributed by atoms with van der Waals surface area (Å²) in [6.07, 6.45) is 5.29. The van der Waals surface area contributed by atoms with Crippen LogP contribution in [0.5, 0.6) is 0 Å². The van der Waals surface area contributed by atoms with Crippen LogP contribution in [-0.2, 0) is 11.2 Å². The first kappa shape index (κ1) is 21.4. The van der Waals surface area contributed by atoms with Gasteiger partial charge in [0.15, 0.2) is 5.82 Å². The number of rotatable bonds is 8. The van der Waals surface area contributed by atoms with E-state index >= 15 is 0 Å². The van der Waals surface area contributed by atoms with E-state index < -0.39 is 0 Å². The molecule has 0 spiro atoms. The maximum atomic E-state index is 12.6. The maximum Gasteiger partial charge on any atom is 0.224 e. The predicted octanol–water partition coefficient (Wildman–Crippen LogP) is 4.49. The van der Waals surface area contributed by atoms with E-state index in [2.05, 4.69) is 51.6 Å².